The monoisotopic (exact) mass is 552 g/mol. The molecule has 1 aromatic carbocycles. The van der Waals surface area contributed by atoms with Gasteiger partial charge in [-0.2, -0.15) is 18.3 Å². The van der Waals surface area contributed by atoms with Crippen LogP contribution in [0.25, 0.3) is 22.2 Å². The predicted molar refractivity (Wildman–Crippen MR) is 131 cm³/mol. The lowest BCUT2D eigenvalue weighted by Crippen LogP contribution is -2.28. The summed E-state index contributed by atoms with van der Waals surface area (Å²) in [4.78, 5) is 32.2. The number of H-pyrrole nitrogens is 1. The van der Waals surface area contributed by atoms with Gasteiger partial charge in [-0.05, 0) is 42.8 Å². The standard InChI is InChI=1S/C25H22F6N6O2/c1-2-15(35-19-12-34-36-23(38)20(19)25(29,30)31)4-3-6-37-7-5-13-8-17(18(26)9-16(13)24(37)39)22-32-10-14(11-33-22)21(27)28/h5,7-12,15,21H,2-4,6H2,1H3,(H2,35,36,38)/t15-/m0/s1. The van der Waals surface area contributed by atoms with Crippen LogP contribution in [0.3, 0.4) is 0 Å². The maximum atomic E-state index is 14.8. The number of nitrogens with one attached hydrogen (secondary N) is 2. The number of aromatic nitrogens is 5. The van der Waals surface area contributed by atoms with Crippen molar-refractivity contribution in [3.8, 4) is 11.4 Å². The van der Waals surface area contributed by atoms with Crippen LogP contribution in [0.5, 0.6) is 0 Å². The van der Waals surface area contributed by atoms with Crippen LogP contribution in [0.15, 0.2) is 52.6 Å². The molecular weight excluding hydrogens is 530 g/mol. The van der Waals surface area contributed by atoms with E-state index in [0.717, 1.165) is 24.7 Å². The molecule has 0 amide bonds. The van der Waals surface area contributed by atoms with Gasteiger partial charge < -0.3 is 9.88 Å². The van der Waals surface area contributed by atoms with Crippen molar-refractivity contribution in [3.63, 3.8) is 0 Å². The van der Waals surface area contributed by atoms with Gasteiger partial charge in [0, 0.05) is 31.2 Å². The number of halogens is 6. The first-order valence-electron chi connectivity index (χ1n) is 11.8. The minimum Gasteiger partial charge on any atom is -0.380 e. The molecule has 14 heteroatoms. The highest BCUT2D eigenvalue weighted by Gasteiger charge is 2.37. The van der Waals surface area contributed by atoms with Crippen LogP contribution < -0.4 is 16.4 Å². The van der Waals surface area contributed by atoms with E-state index in [0.29, 0.717) is 24.6 Å². The Kier molecular flexibility index (Phi) is 8.02. The molecule has 3 heterocycles. The van der Waals surface area contributed by atoms with Gasteiger partial charge in [-0.15, -0.1) is 0 Å². The van der Waals surface area contributed by atoms with Gasteiger partial charge in [-0.3, -0.25) is 9.59 Å². The number of hydrogen-bond donors (Lipinski definition) is 2. The van der Waals surface area contributed by atoms with Crippen molar-refractivity contribution in [2.45, 2.75) is 51.4 Å². The Hall–Kier alpha value is -4.23. The minimum absolute atomic E-state index is 0.0511. The second-order valence-electron chi connectivity index (χ2n) is 8.75. The number of aryl methyl sites for hydroxylation is 1. The van der Waals surface area contributed by atoms with Crippen molar-refractivity contribution in [1.29, 1.82) is 0 Å². The molecule has 0 radical (unpaired) electrons. The second-order valence-corrected chi connectivity index (χ2v) is 8.75. The van der Waals surface area contributed by atoms with E-state index in [-0.39, 0.29) is 23.3 Å². The van der Waals surface area contributed by atoms with Crippen molar-refractivity contribution in [1.82, 2.24) is 24.7 Å². The molecule has 0 fully saturated rings. The Bertz CT molecular complexity index is 1580. The summed E-state index contributed by atoms with van der Waals surface area (Å²) in [5, 5.41) is 8.42. The zero-order valence-corrected chi connectivity index (χ0v) is 20.4. The van der Waals surface area contributed by atoms with Crippen LogP contribution in [0, 0.1) is 5.82 Å². The van der Waals surface area contributed by atoms with Crippen molar-refractivity contribution in [2.24, 2.45) is 0 Å². The first-order valence-corrected chi connectivity index (χ1v) is 11.8. The highest BCUT2D eigenvalue weighted by atomic mass is 19.4. The summed E-state index contributed by atoms with van der Waals surface area (Å²) in [6.07, 6.45) is -2.22. The molecule has 206 valence electrons. The maximum Gasteiger partial charge on any atom is 0.423 e. The van der Waals surface area contributed by atoms with E-state index < -0.39 is 52.4 Å². The summed E-state index contributed by atoms with van der Waals surface area (Å²) >= 11 is 0. The molecule has 0 unspecified atom stereocenters. The molecular formula is C25H22F6N6O2. The molecule has 4 aromatic rings. The molecule has 1 atom stereocenters. The summed E-state index contributed by atoms with van der Waals surface area (Å²) in [7, 11) is 0. The maximum absolute atomic E-state index is 14.8. The van der Waals surface area contributed by atoms with Gasteiger partial charge in [0.1, 0.15) is 11.4 Å². The van der Waals surface area contributed by atoms with E-state index in [9.17, 15) is 35.9 Å². The Morgan fingerprint density at radius 3 is 2.46 bits per heavy atom. The largest absolute Gasteiger partial charge is 0.423 e. The fraction of sp³-hybridized carbons (Fsp3) is 0.320. The summed E-state index contributed by atoms with van der Waals surface area (Å²) in [5.74, 6) is -0.908. The molecule has 0 spiro atoms. The lowest BCUT2D eigenvalue weighted by atomic mass is 10.1. The van der Waals surface area contributed by atoms with Crippen LogP contribution >= 0.6 is 0 Å². The van der Waals surface area contributed by atoms with Crippen molar-refractivity contribution >= 4 is 16.5 Å². The summed E-state index contributed by atoms with van der Waals surface area (Å²) in [5.41, 5.74) is -4.08. The van der Waals surface area contributed by atoms with E-state index in [1.807, 2.05) is 0 Å². The first kappa shape index (κ1) is 27.8. The molecule has 0 aliphatic rings. The van der Waals surface area contributed by atoms with Crippen LogP contribution in [-0.4, -0.2) is 30.8 Å². The van der Waals surface area contributed by atoms with E-state index in [4.69, 9.17) is 0 Å². The van der Waals surface area contributed by atoms with Gasteiger partial charge in [0.05, 0.1) is 28.4 Å². The number of nitrogens with zero attached hydrogens (tertiary/aromatic N) is 4. The quantitative estimate of drug-likeness (QED) is 0.273. The average molecular weight is 552 g/mol. The number of pyridine rings is 1. The summed E-state index contributed by atoms with van der Waals surface area (Å²) < 4.78 is 81.6. The van der Waals surface area contributed by atoms with Crippen molar-refractivity contribution in [2.75, 3.05) is 5.32 Å². The molecule has 8 nitrogen and oxygen atoms in total. The van der Waals surface area contributed by atoms with Crippen molar-refractivity contribution < 1.29 is 26.3 Å². The van der Waals surface area contributed by atoms with Crippen LogP contribution in [-0.2, 0) is 12.7 Å². The van der Waals surface area contributed by atoms with Gasteiger partial charge >= 0.3 is 6.18 Å². The molecule has 0 aliphatic heterocycles. The zero-order chi connectivity index (χ0) is 28.3. The smallest absolute Gasteiger partial charge is 0.380 e. The fourth-order valence-electron chi connectivity index (χ4n) is 4.14. The van der Waals surface area contributed by atoms with Gasteiger partial charge in [-0.25, -0.2) is 28.2 Å². The number of alkyl halides is 5. The second kappa shape index (κ2) is 11.3. The van der Waals surface area contributed by atoms with Gasteiger partial charge in [0.2, 0.25) is 0 Å². The number of hydrogen-bond acceptors (Lipinski definition) is 6. The number of anilines is 1. The summed E-state index contributed by atoms with van der Waals surface area (Å²) in [6, 6.07) is 3.53. The van der Waals surface area contributed by atoms with Crippen molar-refractivity contribution in [3.05, 3.63) is 80.6 Å². The highest BCUT2D eigenvalue weighted by Crippen LogP contribution is 2.32. The van der Waals surface area contributed by atoms with Gasteiger partial charge in [0.25, 0.3) is 17.5 Å². The molecule has 2 N–H and O–H groups in total. The lowest BCUT2D eigenvalue weighted by molar-refractivity contribution is -0.138. The van der Waals surface area contributed by atoms with E-state index in [1.54, 1.807) is 18.1 Å². The number of aromatic amines is 1. The third-order valence-corrected chi connectivity index (χ3v) is 6.17. The van der Waals surface area contributed by atoms with E-state index in [2.05, 4.69) is 20.4 Å². The Morgan fingerprint density at radius 1 is 1.10 bits per heavy atom. The lowest BCUT2D eigenvalue weighted by Gasteiger charge is -2.20. The SMILES string of the molecule is CC[C@@H](CCCn1ccc2cc(-c3ncc(C(F)F)cn3)c(F)cc2c1=O)Nc1cn[nH]c(=O)c1C(F)(F)F. The normalized spacial score (nSPS) is 12.7. The molecule has 0 bridgehead atoms. The van der Waals surface area contributed by atoms with Crippen LogP contribution in [0.2, 0.25) is 0 Å². The molecule has 39 heavy (non-hydrogen) atoms. The average Bonchev–Trinajstić information content (AvgIpc) is 2.88. The number of fused-ring (bicyclic) bond motifs is 1. The fourth-order valence-corrected chi connectivity index (χ4v) is 4.14. The van der Waals surface area contributed by atoms with Gasteiger partial charge in [-0.1, -0.05) is 6.92 Å². The van der Waals surface area contributed by atoms with Crippen LogP contribution in [0.1, 0.15) is 43.7 Å². The Morgan fingerprint density at radius 2 is 1.82 bits per heavy atom. The summed E-state index contributed by atoms with van der Waals surface area (Å²) in [6.45, 7) is 1.97. The highest BCUT2D eigenvalue weighted by molar-refractivity contribution is 5.85. The Balaban J connectivity index is 1.49. The number of rotatable bonds is 9. The molecule has 0 aliphatic carbocycles. The Labute approximate surface area is 216 Å². The minimum atomic E-state index is -4.87. The molecule has 3 aromatic heterocycles. The van der Waals surface area contributed by atoms with E-state index in [1.165, 1.54) is 16.8 Å². The first-order chi connectivity index (χ1) is 18.5. The third-order valence-electron chi connectivity index (χ3n) is 6.17. The molecule has 0 saturated carbocycles. The van der Waals surface area contributed by atoms with Gasteiger partial charge in [0.15, 0.2) is 5.82 Å². The zero-order valence-electron chi connectivity index (χ0n) is 20.4. The topological polar surface area (TPSA) is 106 Å². The van der Waals surface area contributed by atoms with E-state index >= 15 is 0 Å². The molecule has 4 rings (SSSR count). The van der Waals surface area contributed by atoms with Crippen LogP contribution in [0.4, 0.5) is 32.0 Å². The third kappa shape index (κ3) is 6.10. The molecule has 0 saturated heterocycles. The predicted octanol–water partition coefficient (Wildman–Crippen LogP) is 5.31. The number of benzene rings is 1.